The summed E-state index contributed by atoms with van der Waals surface area (Å²) >= 11 is 6.08. The van der Waals surface area contributed by atoms with Crippen molar-refractivity contribution >= 4 is 33.4 Å². The largest absolute Gasteiger partial charge is 0.370 e. The molecule has 0 radical (unpaired) electrons. The van der Waals surface area contributed by atoms with Gasteiger partial charge in [0.1, 0.15) is 11.6 Å². The predicted octanol–water partition coefficient (Wildman–Crippen LogP) is 2.82. The molecule has 146 valence electrons. The Kier molecular flexibility index (Phi) is 5.78. The van der Waals surface area contributed by atoms with Gasteiger partial charge in [-0.2, -0.15) is 4.98 Å². The maximum Gasteiger partial charge on any atom is 0.238 e. The van der Waals surface area contributed by atoms with Crippen LogP contribution in [-0.2, 0) is 16.4 Å². The van der Waals surface area contributed by atoms with Crippen molar-refractivity contribution in [2.75, 3.05) is 17.6 Å². The first kappa shape index (κ1) is 20.0. The second kappa shape index (κ2) is 8.09. The van der Waals surface area contributed by atoms with Gasteiger partial charge in [-0.3, -0.25) is 0 Å². The summed E-state index contributed by atoms with van der Waals surface area (Å²) in [5.41, 5.74) is 7.70. The van der Waals surface area contributed by atoms with Crippen molar-refractivity contribution in [3.05, 3.63) is 64.9 Å². The summed E-state index contributed by atoms with van der Waals surface area (Å²) in [6.07, 6.45) is 0.613. The highest BCUT2D eigenvalue weighted by atomic mass is 35.5. The monoisotopic (exact) mass is 421 g/mol. The minimum absolute atomic E-state index is 0.0536. The van der Waals surface area contributed by atoms with E-state index < -0.39 is 15.8 Å². The lowest BCUT2D eigenvalue weighted by atomic mass is 10.1. The molecule has 2 aromatic carbocycles. The summed E-state index contributed by atoms with van der Waals surface area (Å²) in [5, 5.41) is 8.43. The molecule has 0 amide bonds. The third-order valence-electron chi connectivity index (χ3n) is 3.92. The number of nitrogen functional groups attached to an aromatic ring is 1. The van der Waals surface area contributed by atoms with E-state index in [4.69, 9.17) is 22.5 Å². The Morgan fingerprint density at radius 3 is 2.43 bits per heavy atom. The molecule has 0 fully saturated rings. The van der Waals surface area contributed by atoms with Crippen molar-refractivity contribution in [1.82, 2.24) is 9.97 Å². The van der Waals surface area contributed by atoms with Gasteiger partial charge in [0.2, 0.25) is 16.0 Å². The van der Waals surface area contributed by atoms with E-state index in [1.165, 1.54) is 30.3 Å². The molecule has 7 nitrogen and oxygen atoms in total. The number of primary sulfonamides is 1. The van der Waals surface area contributed by atoms with Crippen molar-refractivity contribution in [2.45, 2.75) is 11.3 Å². The zero-order chi connectivity index (χ0) is 20.3. The van der Waals surface area contributed by atoms with Gasteiger partial charge in [0, 0.05) is 18.2 Å². The van der Waals surface area contributed by atoms with Gasteiger partial charge in [-0.1, -0.05) is 23.7 Å². The SMILES string of the molecule is Nc1nc(NCCc2ccc(S(N)(=O)=O)cc2)cc(-c2ccc(F)cc2Cl)n1. The fourth-order valence-electron chi connectivity index (χ4n) is 2.57. The van der Waals surface area contributed by atoms with E-state index >= 15 is 0 Å². The Labute approximate surface area is 166 Å². The second-order valence-electron chi connectivity index (χ2n) is 5.99. The highest BCUT2D eigenvalue weighted by molar-refractivity contribution is 7.89. The molecule has 3 aromatic rings. The highest BCUT2D eigenvalue weighted by Gasteiger charge is 2.10. The Bertz CT molecular complexity index is 1110. The third kappa shape index (κ3) is 4.94. The molecule has 0 bridgehead atoms. The lowest BCUT2D eigenvalue weighted by Gasteiger charge is -2.10. The van der Waals surface area contributed by atoms with Crippen LogP contribution in [0.5, 0.6) is 0 Å². The molecule has 0 unspecified atom stereocenters. The highest BCUT2D eigenvalue weighted by Crippen LogP contribution is 2.28. The minimum atomic E-state index is -3.71. The van der Waals surface area contributed by atoms with Crippen LogP contribution in [0.3, 0.4) is 0 Å². The van der Waals surface area contributed by atoms with Crippen LogP contribution in [0.25, 0.3) is 11.3 Å². The molecule has 0 saturated carbocycles. The van der Waals surface area contributed by atoms with E-state index in [1.807, 2.05) is 0 Å². The molecule has 0 spiro atoms. The Morgan fingerprint density at radius 1 is 1.07 bits per heavy atom. The average molecular weight is 422 g/mol. The fraction of sp³-hybridized carbons (Fsp3) is 0.111. The topological polar surface area (TPSA) is 124 Å². The van der Waals surface area contributed by atoms with Gasteiger partial charge in [-0.25, -0.2) is 22.9 Å². The number of sulfonamides is 1. The van der Waals surface area contributed by atoms with E-state index in [-0.39, 0.29) is 15.9 Å². The number of anilines is 2. The molecule has 1 heterocycles. The standard InChI is InChI=1S/C18H17ClFN5O2S/c19-15-9-12(20)3-6-14(15)16-10-17(25-18(21)24-16)23-8-7-11-1-4-13(5-2-11)28(22,26)27/h1-6,9-10H,7-8H2,(H2,22,26,27)(H3,21,23,24,25). The van der Waals surface area contributed by atoms with Gasteiger partial charge in [0.05, 0.1) is 15.6 Å². The molecule has 10 heteroatoms. The Morgan fingerprint density at radius 2 is 1.79 bits per heavy atom. The quantitative estimate of drug-likeness (QED) is 0.562. The third-order valence-corrected chi connectivity index (χ3v) is 5.16. The molecule has 1 aromatic heterocycles. The smallest absolute Gasteiger partial charge is 0.238 e. The minimum Gasteiger partial charge on any atom is -0.370 e. The van der Waals surface area contributed by atoms with Crippen LogP contribution < -0.4 is 16.2 Å². The fourth-order valence-corrected chi connectivity index (χ4v) is 3.35. The van der Waals surface area contributed by atoms with Crippen molar-refractivity contribution < 1.29 is 12.8 Å². The maximum absolute atomic E-state index is 13.2. The number of benzene rings is 2. The summed E-state index contributed by atoms with van der Waals surface area (Å²) in [5.74, 6) is 0.101. The van der Waals surface area contributed by atoms with Crippen molar-refractivity contribution in [3.8, 4) is 11.3 Å². The van der Waals surface area contributed by atoms with Crippen LogP contribution in [-0.4, -0.2) is 24.9 Å². The van der Waals surface area contributed by atoms with Crippen molar-refractivity contribution in [2.24, 2.45) is 5.14 Å². The zero-order valence-electron chi connectivity index (χ0n) is 14.6. The molecule has 0 aliphatic rings. The molecule has 0 saturated heterocycles. The summed E-state index contributed by atoms with van der Waals surface area (Å²) in [4.78, 5) is 8.33. The molecule has 28 heavy (non-hydrogen) atoms. The summed E-state index contributed by atoms with van der Waals surface area (Å²) < 4.78 is 35.8. The van der Waals surface area contributed by atoms with Gasteiger partial charge < -0.3 is 11.1 Å². The van der Waals surface area contributed by atoms with E-state index in [2.05, 4.69) is 15.3 Å². The van der Waals surface area contributed by atoms with Gasteiger partial charge in [0.15, 0.2) is 0 Å². The number of aromatic nitrogens is 2. The number of nitrogens with zero attached hydrogens (tertiary/aromatic N) is 2. The normalized spacial score (nSPS) is 11.4. The molecule has 0 atom stereocenters. The van der Waals surface area contributed by atoms with Crippen LogP contribution in [0.15, 0.2) is 53.4 Å². The lowest BCUT2D eigenvalue weighted by Crippen LogP contribution is -2.12. The van der Waals surface area contributed by atoms with Gasteiger partial charge in [0.25, 0.3) is 0 Å². The first-order valence-electron chi connectivity index (χ1n) is 8.18. The van der Waals surface area contributed by atoms with Crippen LogP contribution in [0.4, 0.5) is 16.2 Å². The number of nitrogens with one attached hydrogen (secondary N) is 1. The first-order chi connectivity index (χ1) is 13.2. The molecule has 3 rings (SSSR count). The zero-order valence-corrected chi connectivity index (χ0v) is 16.1. The number of hydrogen-bond acceptors (Lipinski definition) is 6. The lowest BCUT2D eigenvalue weighted by molar-refractivity contribution is 0.597. The average Bonchev–Trinajstić information content (AvgIpc) is 2.61. The van der Waals surface area contributed by atoms with Crippen LogP contribution in [0, 0.1) is 5.82 Å². The molecular weight excluding hydrogens is 405 g/mol. The molecule has 0 aliphatic carbocycles. The van der Waals surface area contributed by atoms with E-state index in [0.29, 0.717) is 30.0 Å². The number of hydrogen-bond donors (Lipinski definition) is 3. The second-order valence-corrected chi connectivity index (χ2v) is 7.96. The molecule has 0 aliphatic heterocycles. The summed E-state index contributed by atoms with van der Waals surface area (Å²) in [6, 6.07) is 12.0. The predicted molar refractivity (Wildman–Crippen MR) is 107 cm³/mol. The van der Waals surface area contributed by atoms with Gasteiger partial charge in [-0.15, -0.1) is 0 Å². The van der Waals surface area contributed by atoms with E-state index in [0.717, 1.165) is 5.56 Å². The van der Waals surface area contributed by atoms with Gasteiger partial charge in [-0.05, 0) is 42.3 Å². The Balaban J connectivity index is 1.70. The maximum atomic E-state index is 13.2. The van der Waals surface area contributed by atoms with Crippen LogP contribution >= 0.6 is 11.6 Å². The Hall–Kier alpha value is -2.75. The number of halogens is 2. The van der Waals surface area contributed by atoms with Gasteiger partial charge >= 0.3 is 0 Å². The van der Waals surface area contributed by atoms with Crippen molar-refractivity contribution in [1.29, 1.82) is 0 Å². The molecular formula is C18H17ClFN5O2S. The summed E-state index contributed by atoms with van der Waals surface area (Å²) in [6.45, 7) is 0.516. The number of nitrogens with two attached hydrogens (primary N) is 2. The van der Waals surface area contributed by atoms with E-state index in [1.54, 1.807) is 18.2 Å². The van der Waals surface area contributed by atoms with E-state index in [9.17, 15) is 12.8 Å². The van der Waals surface area contributed by atoms with Crippen molar-refractivity contribution in [3.63, 3.8) is 0 Å². The van der Waals surface area contributed by atoms with Crippen LogP contribution in [0.1, 0.15) is 5.56 Å². The number of rotatable bonds is 6. The van der Waals surface area contributed by atoms with Crippen LogP contribution in [0.2, 0.25) is 5.02 Å². The molecule has 5 N–H and O–H groups in total. The first-order valence-corrected chi connectivity index (χ1v) is 10.1. The summed E-state index contributed by atoms with van der Waals surface area (Å²) in [7, 11) is -3.71.